The fourth-order valence-corrected chi connectivity index (χ4v) is 3.67. The van der Waals surface area contributed by atoms with Crippen LogP contribution in [0, 0.1) is 18.3 Å². The fourth-order valence-electron chi connectivity index (χ4n) is 2.66. The van der Waals surface area contributed by atoms with E-state index in [1.54, 1.807) is 24.2 Å². The molecule has 0 spiro atoms. The second-order valence-corrected chi connectivity index (χ2v) is 6.29. The largest absolute Gasteiger partial charge is 0.285 e. The van der Waals surface area contributed by atoms with Crippen LogP contribution >= 0.6 is 11.8 Å². The average Bonchev–Trinajstić information content (AvgIpc) is 2.95. The van der Waals surface area contributed by atoms with Gasteiger partial charge in [-0.15, -0.1) is 0 Å². The highest BCUT2D eigenvalue weighted by Crippen LogP contribution is 2.33. The molecule has 0 saturated heterocycles. The van der Waals surface area contributed by atoms with Crippen molar-refractivity contribution in [2.45, 2.75) is 16.8 Å². The summed E-state index contributed by atoms with van der Waals surface area (Å²) in [5, 5.41) is 10.5. The average molecular weight is 316 g/mol. The molecule has 0 aliphatic heterocycles. The van der Waals surface area contributed by atoms with Gasteiger partial charge in [0.25, 0.3) is 0 Å². The van der Waals surface area contributed by atoms with E-state index in [2.05, 4.69) is 20.4 Å². The van der Waals surface area contributed by atoms with Crippen molar-refractivity contribution in [1.82, 2.24) is 14.4 Å². The number of pyridine rings is 2. The van der Waals surface area contributed by atoms with Crippen molar-refractivity contribution in [2.24, 2.45) is 0 Å². The van der Waals surface area contributed by atoms with Crippen LogP contribution in [0.2, 0.25) is 0 Å². The third kappa shape index (κ3) is 2.24. The van der Waals surface area contributed by atoms with Crippen molar-refractivity contribution in [1.29, 1.82) is 5.26 Å². The second kappa shape index (κ2) is 5.41. The predicted molar refractivity (Wildman–Crippen MR) is 90.5 cm³/mol. The Bertz CT molecular complexity index is 1060. The number of rotatable bonds is 2. The molecule has 0 saturated carbocycles. The Morgan fingerprint density at radius 2 is 1.91 bits per heavy atom. The van der Waals surface area contributed by atoms with Gasteiger partial charge in [-0.2, -0.15) is 5.26 Å². The standard InChI is InChI=1S/C18H12N4S/c1-12-10-17(23-13-6-8-20-9-7-13)22-16-5-3-2-4-15(16)21-18(22)14(12)11-19/h2-10H,1H3. The van der Waals surface area contributed by atoms with Crippen LogP contribution in [0.4, 0.5) is 0 Å². The molecule has 0 fully saturated rings. The molecule has 0 bridgehead atoms. The van der Waals surface area contributed by atoms with Gasteiger partial charge in [-0.25, -0.2) is 4.98 Å². The summed E-state index contributed by atoms with van der Waals surface area (Å²) in [7, 11) is 0. The van der Waals surface area contributed by atoms with Crippen molar-refractivity contribution in [3.8, 4) is 6.07 Å². The molecule has 0 radical (unpaired) electrons. The number of nitriles is 1. The number of benzene rings is 1. The Balaban J connectivity index is 2.05. The highest BCUT2D eigenvalue weighted by atomic mass is 32.2. The highest BCUT2D eigenvalue weighted by molar-refractivity contribution is 7.99. The van der Waals surface area contributed by atoms with Crippen molar-refractivity contribution in [3.63, 3.8) is 0 Å². The fraction of sp³-hybridized carbons (Fsp3) is 0.0556. The van der Waals surface area contributed by atoms with E-state index in [-0.39, 0.29) is 0 Å². The topological polar surface area (TPSA) is 54.0 Å². The molecule has 3 heterocycles. The number of hydrogen-bond donors (Lipinski definition) is 0. The van der Waals surface area contributed by atoms with Crippen molar-refractivity contribution in [3.05, 3.63) is 66.0 Å². The van der Waals surface area contributed by atoms with Gasteiger partial charge < -0.3 is 0 Å². The summed E-state index contributed by atoms with van der Waals surface area (Å²) in [6.07, 6.45) is 3.56. The second-order valence-electron chi connectivity index (χ2n) is 5.20. The molecule has 5 heteroatoms. The minimum absolute atomic E-state index is 0.625. The summed E-state index contributed by atoms with van der Waals surface area (Å²) in [6, 6.07) is 16.2. The predicted octanol–water partition coefficient (Wildman–Crippen LogP) is 4.21. The molecular formula is C18H12N4S. The van der Waals surface area contributed by atoms with E-state index in [9.17, 15) is 5.26 Å². The van der Waals surface area contributed by atoms with Crippen LogP contribution in [0.25, 0.3) is 16.7 Å². The molecule has 4 rings (SSSR count). The van der Waals surface area contributed by atoms with Crippen LogP contribution in [0.1, 0.15) is 11.1 Å². The Morgan fingerprint density at radius 3 is 2.70 bits per heavy atom. The number of imidazole rings is 1. The molecule has 0 N–H and O–H groups in total. The molecule has 23 heavy (non-hydrogen) atoms. The SMILES string of the molecule is Cc1cc(Sc2ccncc2)n2c(nc3ccccc32)c1C#N. The molecule has 4 nitrogen and oxygen atoms in total. The van der Waals surface area contributed by atoms with Gasteiger partial charge in [0.1, 0.15) is 6.07 Å². The Kier molecular flexibility index (Phi) is 3.25. The van der Waals surface area contributed by atoms with Gasteiger partial charge in [0.05, 0.1) is 21.6 Å². The first kappa shape index (κ1) is 13.8. The van der Waals surface area contributed by atoms with Gasteiger partial charge in [-0.3, -0.25) is 9.38 Å². The lowest BCUT2D eigenvalue weighted by molar-refractivity contribution is 1.04. The molecular weight excluding hydrogens is 304 g/mol. The Labute approximate surface area is 137 Å². The van der Waals surface area contributed by atoms with Crippen molar-refractivity contribution >= 4 is 28.4 Å². The number of para-hydroxylation sites is 2. The quantitative estimate of drug-likeness (QED) is 0.556. The number of fused-ring (bicyclic) bond motifs is 3. The van der Waals surface area contributed by atoms with E-state index in [1.807, 2.05) is 49.4 Å². The first-order valence-corrected chi connectivity index (χ1v) is 7.98. The van der Waals surface area contributed by atoms with Crippen LogP contribution in [0.5, 0.6) is 0 Å². The van der Waals surface area contributed by atoms with Crippen molar-refractivity contribution in [2.75, 3.05) is 0 Å². The zero-order valence-electron chi connectivity index (χ0n) is 12.4. The van der Waals surface area contributed by atoms with Crippen LogP contribution in [-0.2, 0) is 0 Å². The van der Waals surface area contributed by atoms with Crippen LogP contribution in [0.3, 0.4) is 0 Å². The Hall–Kier alpha value is -2.84. The first-order valence-electron chi connectivity index (χ1n) is 7.17. The number of hydrogen-bond acceptors (Lipinski definition) is 4. The molecule has 4 aromatic rings. The minimum Gasteiger partial charge on any atom is -0.285 e. The van der Waals surface area contributed by atoms with Crippen LogP contribution in [-0.4, -0.2) is 14.4 Å². The lowest BCUT2D eigenvalue weighted by Gasteiger charge is -2.09. The maximum Gasteiger partial charge on any atom is 0.157 e. The maximum atomic E-state index is 9.50. The summed E-state index contributed by atoms with van der Waals surface area (Å²) in [6.45, 7) is 1.95. The summed E-state index contributed by atoms with van der Waals surface area (Å²) < 4.78 is 2.06. The number of aryl methyl sites for hydroxylation is 1. The third-order valence-corrected chi connectivity index (χ3v) is 4.74. The summed E-state index contributed by atoms with van der Waals surface area (Å²) >= 11 is 1.64. The van der Waals surface area contributed by atoms with Gasteiger partial charge in [-0.05, 0) is 42.8 Å². The van der Waals surface area contributed by atoms with E-state index in [0.717, 1.165) is 26.5 Å². The molecule has 1 aromatic carbocycles. The maximum absolute atomic E-state index is 9.50. The zero-order valence-corrected chi connectivity index (χ0v) is 13.2. The lowest BCUT2D eigenvalue weighted by atomic mass is 10.2. The van der Waals surface area contributed by atoms with Gasteiger partial charge in [-0.1, -0.05) is 23.9 Å². The first-order chi connectivity index (χ1) is 11.3. The molecule has 0 aliphatic rings. The van der Waals surface area contributed by atoms with Crippen molar-refractivity contribution < 1.29 is 0 Å². The van der Waals surface area contributed by atoms with Gasteiger partial charge in [0, 0.05) is 17.3 Å². The van der Waals surface area contributed by atoms with Gasteiger partial charge in [0.15, 0.2) is 5.65 Å². The molecule has 0 atom stereocenters. The summed E-state index contributed by atoms with van der Waals surface area (Å²) in [5.41, 5.74) is 4.18. The van der Waals surface area contributed by atoms with Gasteiger partial charge in [0.2, 0.25) is 0 Å². The summed E-state index contributed by atoms with van der Waals surface area (Å²) in [5.74, 6) is 0. The van der Waals surface area contributed by atoms with Crippen LogP contribution < -0.4 is 0 Å². The van der Waals surface area contributed by atoms with E-state index in [0.29, 0.717) is 11.2 Å². The van der Waals surface area contributed by atoms with E-state index in [4.69, 9.17) is 0 Å². The van der Waals surface area contributed by atoms with Gasteiger partial charge >= 0.3 is 0 Å². The third-order valence-electron chi connectivity index (χ3n) is 3.72. The number of aromatic nitrogens is 3. The molecule has 3 aromatic heterocycles. The molecule has 0 unspecified atom stereocenters. The monoisotopic (exact) mass is 316 g/mol. The molecule has 0 amide bonds. The van der Waals surface area contributed by atoms with E-state index < -0.39 is 0 Å². The van der Waals surface area contributed by atoms with E-state index in [1.165, 1.54) is 0 Å². The smallest absolute Gasteiger partial charge is 0.157 e. The zero-order chi connectivity index (χ0) is 15.8. The number of nitrogens with zero attached hydrogens (tertiary/aromatic N) is 4. The minimum atomic E-state index is 0.625. The highest BCUT2D eigenvalue weighted by Gasteiger charge is 2.15. The molecule has 110 valence electrons. The molecule has 0 aliphatic carbocycles. The summed E-state index contributed by atoms with van der Waals surface area (Å²) in [4.78, 5) is 9.82. The van der Waals surface area contributed by atoms with Crippen LogP contribution in [0.15, 0.2) is 64.8 Å². The lowest BCUT2D eigenvalue weighted by Crippen LogP contribution is -1.96. The van der Waals surface area contributed by atoms with E-state index >= 15 is 0 Å². The normalized spacial score (nSPS) is 11.0. The Morgan fingerprint density at radius 1 is 1.13 bits per heavy atom.